The molecule has 1 heterocycles. The normalized spacial score (nSPS) is 14.1. The summed E-state index contributed by atoms with van der Waals surface area (Å²) in [5.41, 5.74) is 7.36. The molecular weight excluding hydrogens is 344 g/mol. The Hall–Kier alpha value is -3.14. The molecule has 0 aliphatic carbocycles. The Bertz CT molecular complexity index is 700. The Morgan fingerprint density at radius 3 is 2.69 bits per heavy atom. The Morgan fingerprint density at radius 2 is 2.04 bits per heavy atom. The van der Waals surface area contributed by atoms with Crippen molar-refractivity contribution in [3.8, 4) is 11.5 Å². The molecular formula is C16H20N4O6. The van der Waals surface area contributed by atoms with Crippen LogP contribution < -0.4 is 20.6 Å². The van der Waals surface area contributed by atoms with Gasteiger partial charge in [0, 0.05) is 13.1 Å². The molecule has 1 aromatic rings. The first kappa shape index (κ1) is 19.2. The average molecular weight is 364 g/mol. The number of hydrazone groups is 1. The molecule has 3 N–H and O–H groups in total. The minimum absolute atomic E-state index is 0.113. The van der Waals surface area contributed by atoms with Crippen LogP contribution in [0.3, 0.4) is 0 Å². The molecule has 2 rings (SSSR count). The lowest BCUT2D eigenvalue weighted by atomic mass is 10.2. The van der Waals surface area contributed by atoms with Crippen molar-refractivity contribution in [1.82, 2.24) is 10.3 Å². The number of ether oxygens (including phenoxy) is 3. The predicted molar refractivity (Wildman–Crippen MR) is 90.8 cm³/mol. The van der Waals surface area contributed by atoms with E-state index in [1.54, 1.807) is 23.1 Å². The SMILES string of the molecule is COc1cc(/C=N\NC(=O)C(N)=O)ccc1OCC(=O)N1CCOCC1. The minimum atomic E-state index is -1.13. The fourth-order valence-corrected chi connectivity index (χ4v) is 2.15. The lowest BCUT2D eigenvalue weighted by molar-refractivity contribution is -0.137. The lowest BCUT2D eigenvalue weighted by Crippen LogP contribution is -2.43. The number of rotatable bonds is 6. The summed E-state index contributed by atoms with van der Waals surface area (Å²) in [6.45, 7) is 2.03. The van der Waals surface area contributed by atoms with Gasteiger partial charge < -0.3 is 24.8 Å². The average Bonchev–Trinajstić information content (AvgIpc) is 2.66. The van der Waals surface area contributed by atoms with Crippen molar-refractivity contribution in [3.05, 3.63) is 23.8 Å². The fraction of sp³-hybridized carbons (Fsp3) is 0.375. The van der Waals surface area contributed by atoms with Gasteiger partial charge in [-0.25, -0.2) is 5.43 Å². The van der Waals surface area contributed by atoms with E-state index in [9.17, 15) is 14.4 Å². The zero-order valence-electron chi connectivity index (χ0n) is 14.3. The molecule has 10 heteroatoms. The maximum Gasteiger partial charge on any atom is 0.329 e. The van der Waals surface area contributed by atoms with E-state index >= 15 is 0 Å². The number of carbonyl (C=O) groups is 3. The van der Waals surface area contributed by atoms with E-state index in [0.29, 0.717) is 43.4 Å². The van der Waals surface area contributed by atoms with Gasteiger partial charge >= 0.3 is 11.8 Å². The second-order valence-corrected chi connectivity index (χ2v) is 5.26. The first-order valence-corrected chi connectivity index (χ1v) is 7.80. The first-order valence-electron chi connectivity index (χ1n) is 7.80. The third kappa shape index (κ3) is 5.45. The molecule has 0 radical (unpaired) electrons. The summed E-state index contributed by atoms with van der Waals surface area (Å²) in [5.74, 6) is -1.49. The number of carbonyl (C=O) groups excluding carboxylic acids is 3. The number of nitrogens with two attached hydrogens (primary N) is 1. The molecule has 0 bridgehead atoms. The molecule has 0 saturated carbocycles. The van der Waals surface area contributed by atoms with Gasteiger partial charge in [-0.1, -0.05) is 0 Å². The van der Waals surface area contributed by atoms with Crippen LogP contribution in [0.15, 0.2) is 23.3 Å². The molecule has 1 aliphatic rings. The van der Waals surface area contributed by atoms with E-state index in [1.807, 2.05) is 5.43 Å². The summed E-state index contributed by atoms with van der Waals surface area (Å²) in [7, 11) is 1.46. The van der Waals surface area contributed by atoms with Crippen LogP contribution in [-0.2, 0) is 19.1 Å². The summed E-state index contributed by atoms with van der Waals surface area (Å²) in [5, 5.41) is 3.61. The van der Waals surface area contributed by atoms with E-state index < -0.39 is 11.8 Å². The van der Waals surface area contributed by atoms with Crippen LogP contribution in [0.4, 0.5) is 0 Å². The smallest absolute Gasteiger partial charge is 0.329 e. The highest BCUT2D eigenvalue weighted by atomic mass is 16.5. The third-order valence-corrected chi connectivity index (χ3v) is 3.51. The number of primary amides is 1. The van der Waals surface area contributed by atoms with Crippen LogP contribution in [0.5, 0.6) is 11.5 Å². The zero-order chi connectivity index (χ0) is 18.9. The summed E-state index contributed by atoms with van der Waals surface area (Å²) in [6, 6.07) is 4.87. The second kappa shape index (κ2) is 9.37. The molecule has 0 unspecified atom stereocenters. The number of nitrogens with one attached hydrogen (secondary N) is 1. The Morgan fingerprint density at radius 1 is 1.31 bits per heavy atom. The van der Waals surface area contributed by atoms with E-state index in [0.717, 1.165) is 0 Å². The molecule has 0 atom stereocenters. The Labute approximate surface area is 149 Å². The molecule has 1 aromatic carbocycles. The lowest BCUT2D eigenvalue weighted by Gasteiger charge is -2.26. The number of hydrogen-bond donors (Lipinski definition) is 2. The molecule has 1 aliphatic heterocycles. The first-order chi connectivity index (χ1) is 12.5. The standard InChI is InChI=1S/C16H20N4O6/c1-24-13-8-11(9-18-19-16(23)15(17)22)2-3-12(13)26-10-14(21)20-4-6-25-7-5-20/h2-3,8-9H,4-7,10H2,1H3,(H2,17,22)(H,19,23)/b18-9-. The van der Waals surface area contributed by atoms with Crippen LogP contribution in [0.1, 0.15) is 5.56 Å². The van der Waals surface area contributed by atoms with E-state index in [4.69, 9.17) is 19.9 Å². The topological polar surface area (TPSA) is 133 Å². The van der Waals surface area contributed by atoms with Crippen LogP contribution in [-0.4, -0.2) is 68.9 Å². The number of morpholine rings is 1. The van der Waals surface area contributed by atoms with Gasteiger partial charge in [-0.2, -0.15) is 5.10 Å². The molecule has 0 spiro atoms. The largest absolute Gasteiger partial charge is 0.493 e. The van der Waals surface area contributed by atoms with Gasteiger partial charge in [0.1, 0.15) is 0 Å². The Kier molecular flexibility index (Phi) is 6.92. The van der Waals surface area contributed by atoms with Crippen molar-refractivity contribution in [3.63, 3.8) is 0 Å². The maximum atomic E-state index is 12.1. The van der Waals surface area contributed by atoms with Crippen molar-refractivity contribution < 1.29 is 28.6 Å². The summed E-state index contributed by atoms with van der Waals surface area (Å²) in [6.07, 6.45) is 1.31. The predicted octanol–water partition coefficient (Wildman–Crippen LogP) is -1.13. The number of benzene rings is 1. The molecule has 26 heavy (non-hydrogen) atoms. The molecule has 140 valence electrons. The highest BCUT2D eigenvalue weighted by Gasteiger charge is 2.18. The molecule has 1 fully saturated rings. The summed E-state index contributed by atoms with van der Waals surface area (Å²) < 4.78 is 16.0. The zero-order valence-corrected chi connectivity index (χ0v) is 14.3. The van der Waals surface area contributed by atoms with Gasteiger partial charge in [0.05, 0.1) is 26.5 Å². The minimum Gasteiger partial charge on any atom is -0.493 e. The van der Waals surface area contributed by atoms with Gasteiger partial charge in [0.2, 0.25) is 0 Å². The van der Waals surface area contributed by atoms with Crippen molar-refractivity contribution in [2.45, 2.75) is 0 Å². The highest BCUT2D eigenvalue weighted by Crippen LogP contribution is 2.27. The quantitative estimate of drug-likeness (QED) is 0.373. The summed E-state index contributed by atoms with van der Waals surface area (Å²) >= 11 is 0. The van der Waals surface area contributed by atoms with Crippen molar-refractivity contribution in [2.75, 3.05) is 40.0 Å². The molecule has 1 saturated heterocycles. The number of nitrogens with zero attached hydrogens (tertiary/aromatic N) is 2. The number of methoxy groups -OCH3 is 1. The molecule has 3 amide bonds. The van der Waals surface area contributed by atoms with Gasteiger partial charge in [-0.15, -0.1) is 0 Å². The summed E-state index contributed by atoms with van der Waals surface area (Å²) in [4.78, 5) is 35.4. The van der Waals surface area contributed by atoms with Crippen LogP contribution >= 0.6 is 0 Å². The van der Waals surface area contributed by atoms with Crippen LogP contribution in [0.25, 0.3) is 0 Å². The maximum absolute atomic E-state index is 12.1. The second-order valence-electron chi connectivity index (χ2n) is 5.26. The van der Waals surface area contributed by atoms with Gasteiger partial charge in [-0.05, 0) is 23.8 Å². The van der Waals surface area contributed by atoms with Crippen molar-refractivity contribution in [1.29, 1.82) is 0 Å². The molecule has 0 aromatic heterocycles. The van der Waals surface area contributed by atoms with Crippen molar-refractivity contribution >= 4 is 23.9 Å². The van der Waals surface area contributed by atoms with E-state index in [2.05, 4.69) is 5.10 Å². The van der Waals surface area contributed by atoms with E-state index in [-0.39, 0.29) is 12.5 Å². The monoisotopic (exact) mass is 364 g/mol. The molecule has 10 nitrogen and oxygen atoms in total. The van der Waals surface area contributed by atoms with Crippen molar-refractivity contribution in [2.24, 2.45) is 10.8 Å². The fourth-order valence-electron chi connectivity index (χ4n) is 2.15. The highest BCUT2D eigenvalue weighted by molar-refractivity contribution is 6.34. The van der Waals surface area contributed by atoms with Crippen LogP contribution in [0, 0.1) is 0 Å². The van der Waals surface area contributed by atoms with Gasteiger partial charge in [0.25, 0.3) is 5.91 Å². The van der Waals surface area contributed by atoms with Crippen LogP contribution in [0.2, 0.25) is 0 Å². The van der Waals surface area contributed by atoms with Gasteiger partial charge in [-0.3, -0.25) is 14.4 Å². The van der Waals surface area contributed by atoms with E-state index in [1.165, 1.54) is 13.3 Å². The Balaban J connectivity index is 1.95. The third-order valence-electron chi connectivity index (χ3n) is 3.51. The number of hydrogen-bond acceptors (Lipinski definition) is 7. The van der Waals surface area contributed by atoms with Gasteiger partial charge in [0.15, 0.2) is 18.1 Å². The number of amides is 3.